The van der Waals surface area contributed by atoms with Crippen LogP contribution < -0.4 is 0 Å². The fourth-order valence-electron chi connectivity index (χ4n) is 8.73. The van der Waals surface area contributed by atoms with E-state index in [1.165, 1.54) is 25.7 Å². The van der Waals surface area contributed by atoms with Gasteiger partial charge in [-0.05, 0) is 104 Å². The molecule has 0 aromatic rings. The quantitative estimate of drug-likeness (QED) is 0.659. The molecule has 3 N–H and O–H groups in total. The molecule has 28 heavy (non-hydrogen) atoms. The van der Waals surface area contributed by atoms with Crippen LogP contribution >= 0.6 is 0 Å². The molecule has 4 aliphatic carbocycles. The summed E-state index contributed by atoms with van der Waals surface area (Å²) in [6.45, 7) is 7.16. The number of carboxylic acids is 1. The molecule has 4 rings (SSSR count). The number of aliphatic hydroxyl groups excluding tert-OH is 2. The van der Waals surface area contributed by atoms with Gasteiger partial charge >= 0.3 is 5.97 Å². The molecule has 0 heterocycles. The zero-order chi connectivity index (χ0) is 20.3. The Morgan fingerprint density at radius 3 is 2.39 bits per heavy atom. The Balaban J connectivity index is 1.55. The third-order valence-corrected chi connectivity index (χ3v) is 10.2. The van der Waals surface area contributed by atoms with Crippen LogP contribution in [-0.2, 0) is 4.79 Å². The van der Waals surface area contributed by atoms with E-state index in [1.807, 2.05) is 0 Å². The van der Waals surface area contributed by atoms with Crippen LogP contribution in [0.4, 0.5) is 0 Å². The molecule has 0 aromatic carbocycles. The predicted octanol–water partition coefficient (Wildman–Crippen LogP) is 4.48. The summed E-state index contributed by atoms with van der Waals surface area (Å²) in [4.78, 5) is 11.1. The number of fused-ring (bicyclic) bond motifs is 5. The van der Waals surface area contributed by atoms with Crippen LogP contribution in [0.5, 0.6) is 0 Å². The Kier molecular flexibility index (Phi) is 5.36. The topological polar surface area (TPSA) is 77.8 Å². The van der Waals surface area contributed by atoms with Crippen molar-refractivity contribution in [3.63, 3.8) is 0 Å². The molecule has 0 bridgehead atoms. The summed E-state index contributed by atoms with van der Waals surface area (Å²) in [5.41, 5.74) is 0.523. The first-order chi connectivity index (χ1) is 13.2. The van der Waals surface area contributed by atoms with Gasteiger partial charge in [0.15, 0.2) is 0 Å². The maximum Gasteiger partial charge on any atom is 0.303 e. The molecule has 4 nitrogen and oxygen atoms in total. The van der Waals surface area contributed by atoms with Crippen LogP contribution in [0.15, 0.2) is 0 Å². The lowest BCUT2D eigenvalue weighted by Gasteiger charge is -2.62. The summed E-state index contributed by atoms with van der Waals surface area (Å²) >= 11 is 0. The molecule has 4 saturated carbocycles. The Morgan fingerprint density at radius 2 is 1.68 bits per heavy atom. The fourth-order valence-corrected chi connectivity index (χ4v) is 8.73. The molecule has 160 valence electrons. The lowest BCUT2D eigenvalue weighted by Crippen LogP contribution is -2.58. The summed E-state index contributed by atoms with van der Waals surface area (Å²) < 4.78 is 0. The van der Waals surface area contributed by atoms with E-state index in [2.05, 4.69) is 20.8 Å². The molecule has 0 amide bonds. The van der Waals surface area contributed by atoms with Gasteiger partial charge in [0.05, 0.1) is 12.2 Å². The van der Waals surface area contributed by atoms with E-state index in [-0.39, 0.29) is 29.5 Å². The van der Waals surface area contributed by atoms with Gasteiger partial charge in [-0.15, -0.1) is 0 Å². The zero-order valence-corrected chi connectivity index (χ0v) is 17.9. The van der Waals surface area contributed by atoms with Crippen molar-refractivity contribution in [1.82, 2.24) is 0 Å². The van der Waals surface area contributed by atoms with Gasteiger partial charge in [-0.1, -0.05) is 20.8 Å². The highest BCUT2D eigenvalue weighted by Gasteiger charge is 2.62. The van der Waals surface area contributed by atoms with Gasteiger partial charge in [-0.25, -0.2) is 0 Å². The molecule has 0 spiro atoms. The third kappa shape index (κ3) is 3.14. The average Bonchev–Trinajstić information content (AvgIpc) is 2.98. The van der Waals surface area contributed by atoms with Gasteiger partial charge < -0.3 is 15.3 Å². The smallest absolute Gasteiger partial charge is 0.303 e. The first kappa shape index (κ1) is 20.7. The molecule has 0 radical (unpaired) electrons. The Bertz CT molecular complexity index is 605. The van der Waals surface area contributed by atoms with Gasteiger partial charge in [-0.2, -0.15) is 0 Å². The Hall–Kier alpha value is -0.610. The van der Waals surface area contributed by atoms with E-state index in [1.54, 1.807) is 0 Å². The van der Waals surface area contributed by atoms with E-state index in [9.17, 15) is 15.0 Å². The number of aliphatic carboxylic acids is 1. The minimum Gasteiger partial charge on any atom is -0.481 e. The summed E-state index contributed by atoms with van der Waals surface area (Å²) in [5, 5.41) is 30.5. The minimum atomic E-state index is -0.684. The normalized spacial score (nSPS) is 51.7. The Morgan fingerprint density at radius 1 is 1.00 bits per heavy atom. The number of aliphatic hydroxyl groups is 2. The summed E-state index contributed by atoms with van der Waals surface area (Å²) in [7, 11) is 0. The highest BCUT2D eigenvalue weighted by molar-refractivity contribution is 5.66. The van der Waals surface area contributed by atoms with E-state index in [0.717, 1.165) is 32.1 Å². The molecule has 4 heteroatoms. The number of hydrogen-bond donors (Lipinski definition) is 3. The van der Waals surface area contributed by atoms with E-state index >= 15 is 0 Å². The zero-order valence-electron chi connectivity index (χ0n) is 17.9. The Labute approximate surface area is 170 Å². The van der Waals surface area contributed by atoms with Crippen molar-refractivity contribution in [3.8, 4) is 0 Å². The van der Waals surface area contributed by atoms with E-state index in [4.69, 9.17) is 5.11 Å². The van der Waals surface area contributed by atoms with Crippen LogP contribution in [0.3, 0.4) is 0 Å². The van der Waals surface area contributed by atoms with Crippen LogP contribution in [0, 0.1) is 46.3 Å². The van der Waals surface area contributed by atoms with E-state index < -0.39 is 5.97 Å². The minimum absolute atomic E-state index is 0.179. The van der Waals surface area contributed by atoms with Gasteiger partial charge in [0.1, 0.15) is 0 Å². The average molecular weight is 393 g/mol. The van der Waals surface area contributed by atoms with Crippen molar-refractivity contribution in [3.05, 3.63) is 0 Å². The second-order valence-electron chi connectivity index (χ2n) is 11.4. The SMILES string of the molecule is C[C@H](CCC(=O)O)[C@H]1CC[C@H]2C3C(O)C[C@@H]4C[C@H](O)CC[C@]4(C)[C@H]3CC[C@]12C. The van der Waals surface area contributed by atoms with Gasteiger partial charge in [0.2, 0.25) is 0 Å². The van der Waals surface area contributed by atoms with Crippen molar-refractivity contribution in [2.45, 2.75) is 97.2 Å². The van der Waals surface area contributed by atoms with Crippen molar-refractivity contribution < 1.29 is 20.1 Å². The molecular formula is C24H40O4. The van der Waals surface area contributed by atoms with Crippen molar-refractivity contribution in [2.75, 3.05) is 0 Å². The molecule has 10 atom stereocenters. The lowest BCUT2D eigenvalue weighted by molar-refractivity contribution is -0.174. The molecule has 0 aliphatic heterocycles. The van der Waals surface area contributed by atoms with Crippen molar-refractivity contribution in [2.24, 2.45) is 46.3 Å². The van der Waals surface area contributed by atoms with Crippen LogP contribution in [0.1, 0.15) is 85.0 Å². The van der Waals surface area contributed by atoms with Gasteiger partial charge in [0, 0.05) is 6.42 Å². The highest BCUT2D eigenvalue weighted by atomic mass is 16.4. The molecule has 0 aromatic heterocycles. The molecule has 4 fully saturated rings. The second kappa shape index (κ2) is 7.27. The van der Waals surface area contributed by atoms with Crippen LogP contribution in [-0.4, -0.2) is 33.5 Å². The summed E-state index contributed by atoms with van der Waals surface area (Å²) in [5.74, 6) is 2.36. The summed E-state index contributed by atoms with van der Waals surface area (Å²) in [6.07, 6.45) is 9.19. The summed E-state index contributed by atoms with van der Waals surface area (Å²) in [6, 6.07) is 0. The number of carboxylic acid groups (broad SMARTS) is 1. The van der Waals surface area contributed by atoms with Gasteiger partial charge in [0.25, 0.3) is 0 Å². The largest absolute Gasteiger partial charge is 0.481 e. The first-order valence-corrected chi connectivity index (χ1v) is 11.7. The number of hydrogen-bond acceptors (Lipinski definition) is 3. The predicted molar refractivity (Wildman–Crippen MR) is 109 cm³/mol. The first-order valence-electron chi connectivity index (χ1n) is 11.7. The maximum absolute atomic E-state index is 11.2. The van der Waals surface area contributed by atoms with Crippen molar-refractivity contribution in [1.29, 1.82) is 0 Å². The fraction of sp³-hybridized carbons (Fsp3) is 0.958. The molecular weight excluding hydrogens is 352 g/mol. The van der Waals surface area contributed by atoms with E-state index in [0.29, 0.717) is 35.5 Å². The monoisotopic (exact) mass is 392 g/mol. The standard InChI is InChI=1S/C24H40O4/c1-14(4-7-21(27)28)17-5-6-18-22-19(9-11-24(17,18)3)23(2)10-8-16(25)12-15(23)13-20(22)26/h14-20,22,25-26H,4-13H2,1-3H3,(H,27,28)/t14-,15+,16-,17-,18+,19+,20?,22?,23+,24-/m1/s1. The second-order valence-corrected chi connectivity index (χ2v) is 11.4. The van der Waals surface area contributed by atoms with Gasteiger partial charge in [-0.3, -0.25) is 4.79 Å². The molecule has 2 unspecified atom stereocenters. The van der Waals surface area contributed by atoms with Crippen molar-refractivity contribution >= 4 is 5.97 Å². The highest BCUT2D eigenvalue weighted by Crippen LogP contribution is 2.68. The molecule has 0 saturated heterocycles. The maximum atomic E-state index is 11.2. The van der Waals surface area contributed by atoms with Crippen LogP contribution in [0.25, 0.3) is 0 Å². The lowest BCUT2D eigenvalue weighted by atomic mass is 9.43. The molecule has 4 aliphatic rings. The van der Waals surface area contributed by atoms with Crippen LogP contribution in [0.2, 0.25) is 0 Å². The number of carbonyl (C=O) groups is 1. The third-order valence-electron chi connectivity index (χ3n) is 10.2. The number of rotatable bonds is 4.